The average Bonchev–Trinajstić information content (AvgIpc) is 2.11. The van der Waals surface area contributed by atoms with Gasteiger partial charge in [-0.25, -0.2) is 9.59 Å². The monoisotopic (exact) mass is 191 g/mol. The lowest BCUT2D eigenvalue weighted by atomic mass is 10.0. The highest BCUT2D eigenvalue weighted by Gasteiger charge is 2.26. The second kappa shape index (κ2) is 5.36. The molecule has 13 heavy (non-hydrogen) atoms. The molecule has 6 heteroatoms. The third-order valence-corrected chi connectivity index (χ3v) is 1.58. The van der Waals surface area contributed by atoms with E-state index in [1.165, 1.54) is 6.92 Å². The lowest BCUT2D eigenvalue weighted by molar-refractivity contribution is -0.141. The van der Waals surface area contributed by atoms with Gasteiger partial charge in [0.05, 0.1) is 7.11 Å². The van der Waals surface area contributed by atoms with E-state index in [-0.39, 0.29) is 6.61 Å². The van der Waals surface area contributed by atoms with Crippen molar-refractivity contribution in [2.75, 3.05) is 13.7 Å². The summed E-state index contributed by atoms with van der Waals surface area (Å²) in [6, 6.07) is -1.13. The highest BCUT2D eigenvalue weighted by molar-refractivity contribution is 5.80. The van der Waals surface area contributed by atoms with Crippen LogP contribution in [0.1, 0.15) is 6.92 Å². The molecule has 0 aromatic rings. The summed E-state index contributed by atoms with van der Waals surface area (Å²) < 4.78 is 4.23. The minimum Gasteiger partial charge on any atom is -0.480 e. The molecule has 0 aliphatic carbocycles. The van der Waals surface area contributed by atoms with Crippen LogP contribution in [0.4, 0.5) is 4.79 Å². The van der Waals surface area contributed by atoms with Gasteiger partial charge in [-0.15, -0.1) is 0 Å². The molecule has 0 unspecified atom stereocenters. The number of hydrogen-bond acceptors (Lipinski definition) is 4. The third-order valence-electron chi connectivity index (χ3n) is 1.58. The van der Waals surface area contributed by atoms with Gasteiger partial charge in [0.15, 0.2) is 0 Å². The minimum atomic E-state index is -1.20. The first-order valence-electron chi connectivity index (χ1n) is 3.71. The molecule has 3 N–H and O–H groups in total. The second-order valence-corrected chi connectivity index (χ2v) is 2.61. The summed E-state index contributed by atoms with van der Waals surface area (Å²) in [6.07, 6.45) is -0.826. The van der Waals surface area contributed by atoms with E-state index in [9.17, 15) is 9.59 Å². The van der Waals surface area contributed by atoms with Crippen LogP contribution in [0, 0.1) is 5.92 Å². The van der Waals surface area contributed by atoms with Gasteiger partial charge in [0, 0.05) is 12.5 Å². The Labute approximate surface area is 75.5 Å². The SMILES string of the molecule is COC(=O)N[C@H](C(=O)O)[C@@H](C)CO. The predicted octanol–water partition coefficient (Wildman–Crippen LogP) is -0.576. The molecule has 0 radical (unpaired) electrons. The number of nitrogens with one attached hydrogen (secondary N) is 1. The van der Waals surface area contributed by atoms with Crippen LogP contribution in [-0.2, 0) is 9.53 Å². The zero-order valence-electron chi connectivity index (χ0n) is 7.48. The van der Waals surface area contributed by atoms with Gasteiger partial charge in [0.1, 0.15) is 6.04 Å². The molecule has 0 saturated carbocycles. The molecule has 0 aromatic carbocycles. The van der Waals surface area contributed by atoms with E-state index in [0.29, 0.717) is 0 Å². The van der Waals surface area contributed by atoms with Crippen LogP contribution in [0.3, 0.4) is 0 Å². The summed E-state index contributed by atoms with van der Waals surface area (Å²) in [4.78, 5) is 21.2. The van der Waals surface area contributed by atoms with Gasteiger partial charge in [0.2, 0.25) is 0 Å². The van der Waals surface area contributed by atoms with Gasteiger partial charge in [-0.3, -0.25) is 0 Å². The van der Waals surface area contributed by atoms with Crippen molar-refractivity contribution in [3.63, 3.8) is 0 Å². The maximum Gasteiger partial charge on any atom is 0.407 e. The van der Waals surface area contributed by atoms with Crippen molar-refractivity contribution in [3.05, 3.63) is 0 Å². The molecule has 0 saturated heterocycles. The Morgan fingerprint density at radius 3 is 2.38 bits per heavy atom. The van der Waals surface area contributed by atoms with Crippen LogP contribution in [0.15, 0.2) is 0 Å². The predicted molar refractivity (Wildman–Crippen MR) is 43.2 cm³/mol. The second-order valence-electron chi connectivity index (χ2n) is 2.61. The normalized spacial score (nSPS) is 14.4. The van der Waals surface area contributed by atoms with E-state index in [1.54, 1.807) is 0 Å². The van der Waals surface area contributed by atoms with Gasteiger partial charge in [-0.2, -0.15) is 0 Å². The van der Waals surface area contributed by atoms with Crippen molar-refractivity contribution >= 4 is 12.1 Å². The van der Waals surface area contributed by atoms with Crippen LogP contribution in [-0.4, -0.2) is 42.0 Å². The van der Waals surface area contributed by atoms with Crippen LogP contribution in [0.25, 0.3) is 0 Å². The number of amides is 1. The van der Waals surface area contributed by atoms with Crippen LogP contribution in [0.5, 0.6) is 0 Å². The lowest BCUT2D eigenvalue weighted by Crippen LogP contribution is -2.46. The summed E-state index contributed by atoms with van der Waals surface area (Å²) in [7, 11) is 1.14. The van der Waals surface area contributed by atoms with E-state index in [4.69, 9.17) is 10.2 Å². The molecule has 0 spiro atoms. The smallest absolute Gasteiger partial charge is 0.407 e. The molecule has 0 fully saturated rings. The van der Waals surface area contributed by atoms with Gasteiger partial charge in [-0.05, 0) is 0 Å². The highest BCUT2D eigenvalue weighted by atomic mass is 16.5. The van der Waals surface area contributed by atoms with E-state index in [1.807, 2.05) is 0 Å². The summed E-state index contributed by atoms with van der Waals surface area (Å²) in [5.41, 5.74) is 0. The molecule has 0 heterocycles. The van der Waals surface area contributed by atoms with E-state index in [0.717, 1.165) is 7.11 Å². The first-order chi connectivity index (χ1) is 6.02. The summed E-state index contributed by atoms with van der Waals surface area (Å²) in [5.74, 6) is -1.76. The zero-order chi connectivity index (χ0) is 10.4. The van der Waals surface area contributed by atoms with Crippen LogP contribution >= 0.6 is 0 Å². The Morgan fingerprint density at radius 1 is 1.54 bits per heavy atom. The number of carbonyl (C=O) groups excluding carboxylic acids is 1. The van der Waals surface area contributed by atoms with Crippen molar-refractivity contribution in [2.24, 2.45) is 5.92 Å². The quantitative estimate of drug-likeness (QED) is 0.552. The average molecular weight is 191 g/mol. The number of rotatable bonds is 4. The maximum atomic E-state index is 10.7. The number of carbonyl (C=O) groups is 2. The molecule has 0 aliphatic rings. The van der Waals surface area contributed by atoms with Crippen molar-refractivity contribution in [1.82, 2.24) is 5.32 Å². The van der Waals surface area contributed by atoms with E-state index >= 15 is 0 Å². The molecular formula is C7H13NO5. The maximum absolute atomic E-state index is 10.7. The number of alkyl carbamates (subject to hydrolysis) is 1. The lowest BCUT2D eigenvalue weighted by Gasteiger charge is -2.18. The van der Waals surface area contributed by atoms with Crippen molar-refractivity contribution < 1.29 is 24.5 Å². The summed E-state index contributed by atoms with van der Waals surface area (Å²) >= 11 is 0. The Bertz CT molecular complexity index is 193. The molecule has 0 rings (SSSR count). The van der Waals surface area contributed by atoms with Gasteiger partial charge >= 0.3 is 12.1 Å². The Balaban J connectivity index is 4.26. The third kappa shape index (κ3) is 3.75. The Hall–Kier alpha value is -1.30. The molecule has 0 aromatic heterocycles. The molecular weight excluding hydrogens is 178 g/mol. The number of aliphatic carboxylic acids is 1. The molecule has 1 amide bonds. The van der Waals surface area contributed by atoms with E-state index < -0.39 is 24.0 Å². The number of aliphatic hydroxyl groups is 1. The van der Waals surface area contributed by atoms with Crippen molar-refractivity contribution in [3.8, 4) is 0 Å². The highest BCUT2D eigenvalue weighted by Crippen LogP contribution is 2.02. The minimum absolute atomic E-state index is 0.318. The fraction of sp³-hybridized carbons (Fsp3) is 0.714. The van der Waals surface area contributed by atoms with Gasteiger partial charge < -0.3 is 20.3 Å². The molecule has 0 aliphatic heterocycles. The van der Waals surface area contributed by atoms with Crippen molar-refractivity contribution in [1.29, 1.82) is 0 Å². The Morgan fingerprint density at radius 2 is 2.08 bits per heavy atom. The number of aliphatic hydroxyl groups excluding tert-OH is 1. The number of ether oxygens (including phenoxy) is 1. The number of methoxy groups -OCH3 is 1. The fourth-order valence-corrected chi connectivity index (χ4v) is 0.739. The first-order valence-corrected chi connectivity index (χ1v) is 3.71. The summed E-state index contributed by atoms with van der Waals surface area (Å²) in [5, 5.41) is 19.4. The Kier molecular flexibility index (Phi) is 4.83. The van der Waals surface area contributed by atoms with Crippen LogP contribution in [0.2, 0.25) is 0 Å². The number of carboxylic acids is 1. The topological polar surface area (TPSA) is 95.9 Å². The van der Waals surface area contributed by atoms with Gasteiger partial charge in [-0.1, -0.05) is 6.92 Å². The molecule has 2 atom stereocenters. The zero-order valence-corrected chi connectivity index (χ0v) is 7.48. The van der Waals surface area contributed by atoms with Crippen molar-refractivity contribution in [2.45, 2.75) is 13.0 Å². The largest absolute Gasteiger partial charge is 0.480 e. The molecule has 76 valence electrons. The van der Waals surface area contributed by atoms with Gasteiger partial charge in [0.25, 0.3) is 0 Å². The molecule has 6 nitrogen and oxygen atoms in total. The number of hydrogen-bond donors (Lipinski definition) is 3. The van der Waals surface area contributed by atoms with Crippen LogP contribution < -0.4 is 5.32 Å². The number of carboxylic acid groups (broad SMARTS) is 1. The summed E-state index contributed by atoms with van der Waals surface area (Å²) in [6.45, 7) is 1.19. The van der Waals surface area contributed by atoms with E-state index in [2.05, 4.69) is 10.1 Å². The standard InChI is InChI=1S/C7H13NO5/c1-4(3-9)5(6(10)11)8-7(12)13-2/h4-5,9H,3H2,1-2H3,(H,8,12)(H,10,11)/t4-,5-/m0/s1. The first kappa shape index (κ1) is 11.7. The fourth-order valence-electron chi connectivity index (χ4n) is 0.739. The molecule has 0 bridgehead atoms.